The lowest BCUT2D eigenvalue weighted by molar-refractivity contribution is -0.400. The number of amides is 4. The zero-order valence-corrected chi connectivity index (χ0v) is 71.6. The quantitative estimate of drug-likeness (QED) is 0.0280. The number of rotatable bonds is 35. The summed E-state index contributed by atoms with van der Waals surface area (Å²) in [5.74, 6) is -3.82. The van der Waals surface area contributed by atoms with Crippen molar-refractivity contribution in [3.63, 3.8) is 0 Å². The fraction of sp³-hybridized carbons (Fsp3) is 0.946. The Kier molecular flexibility index (Phi) is 39.7. The Balaban J connectivity index is 0.885. The van der Waals surface area contributed by atoms with Crippen molar-refractivity contribution < 1.29 is 277 Å². The Morgan fingerprint density at radius 3 is 0.724 bits per heavy atom. The second-order valence-corrected chi connectivity index (χ2v) is 33.8. The third-order valence-electron chi connectivity index (χ3n) is 24.6. The van der Waals surface area contributed by atoms with Gasteiger partial charge in [0.2, 0.25) is 23.6 Å². The summed E-state index contributed by atoms with van der Waals surface area (Å²) in [6.07, 6.45) is -108. The number of hydrogen-bond acceptors (Lipinski definition) is 56. The molecule has 0 bridgehead atoms. The fourth-order valence-electron chi connectivity index (χ4n) is 17.4. The van der Waals surface area contributed by atoms with Crippen molar-refractivity contribution in [2.45, 2.75) is 365 Å². The fourth-order valence-corrected chi connectivity index (χ4v) is 17.4. The number of aliphatic hydroxyl groups excluding tert-OH is 31. The van der Waals surface area contributed by atoms with Crippen molar-refractivity contribution in [2.24, 2.45) is 0 Å². The second-order valence-electron chi connectivity index (χ2n) is 33.8. The number of hydrogen-bond donors (Lipinski definition) is 35. The molecule has 55 atom stereocenters. The van der Waals surface area contributed by atoms with Gasteiger partial charge >= 0.3 is 0 Å². The lowest BCUT2D eigenvalue weighted by atomic mass is 9.93. The maximum atomic E-state index is 13.2. The molecule has 1 unspecified atom stereocenters. The minimum absolute atomic E-state index is 0.814. The van der Waals surface area contributed by atoms with Gasteiger partial charge in [-0.3, -0.25) is 19.2 Å². The number of ether oxygens (including phenoxy) is 21. The number of aliphatic hydroxyl groups is 31. The van der Waals surface area contributed by atoms with E-state index in [0.29, 0.717) is 0 Å². The van der Waals surface area contributed by atoms with Crippen LogP contribution in [0.15, 0.2) is 0 Å². The summed E-state index contributed by atoms with van der Waals surface area (Å²) in [6, 6.07) is -7.75. The molecule has 0 aromatic heterocycles. The van der Waals surface area contributed by atoms with Gasteiger partial charge in [0.25, 0.3) is 0 Å². The molecular formula is C74H124N4O56. The molecule has 11 fully saturated rings. The van der Waals surface area contributed by atoms with Gasteiger partial charge < -0.3 is 279 Å². The first-order valence-electron chi connectivity index (χ1n) is 42.7. The van der Waals surface area contributed by atoms with Crippen molar-refractivity contribution >= 4 is 23.6 Å². The molecule has 11 rings (SSSR count). The topological polar surface area (TPSA) is 937 Å². The molecule has 11 saturated heterocycles. The van der Waals surface area contributed by atoms with E-state index in [1.54, 1.807) is 0 Å². The predicted molar refractivity (Wildman–Crippen MR) is 409 cm³/mol. The van der Waals surface area contributed by atoms with Crippen LogP contribution in [-0.4, -0.2) is 592 Å². The Morgan fingerprint density at radius 1 is 0.194 bits per heavy atom. The predicted octanol–water partition coefficient (Wildman–Crippen LogP) is -24.4. The van der Waals surface area contributed by atoms with Crippen molar-refractivity contribution in [3.05, 3.63) is 0 Å². The number of carbonyl (C=O) groups excluding carboxylic acids is 4. The average Bonchev–Trinajstić information content (AvgIpc) is 0.775. The van der Waals surface area contributed by atoms with E-state index >= 15 is 0 Å². The molecule has 0 aliphatic carbocycles. The third-order valence-corrected chi connectivity index (χ3v) is 24.6. The lowest BCUT2D eigenvalue weighted by Gasteiger charge is -2.51. The molecular weight excluding hydrogens is 1840 g/mol. The highest BCUT2D eigenvalue weighted by molar-refractivity contribution is 5.74. The molecule has 0 saturated carbocycles. The van der Waals surface area contributed by atoms with Gasteiger partial charge in [0.15, 0.2) is 69.2 Å². The van der Waals surface area contributed by atoms with Crippen molar-refractivity contribution in [1.82, 2.24) is 21.3 Å². The number of nitrogens with one attached hydrogen (secondary N) is 4. The van der Waals surface area contributed by atoms with Crippen LogP contribution in [0.2, 0.25) is 0 Å². The molecule has 776 valence electrons. The maximum Gasteiger partial charge on any atom is 0.217 e. The van der Waals surface area contributed by atoms with Crippen LogP contribution in [0.25, 0.3) is 0 Å². The minimum Gasteiger partial charge on any atom is -0.394 e. The van der Waals surface area contributed by atoms with E-state index in [9.17, 15) is 177 Å². The van der Waals surface area contributed by atoms with Crippen LogP contribution in [0.3, 0.4) is 0 Å². The summed E-state index contributed by atoms with van der Waals surface area (Å²) < 4.78 is 124. The highest BCUT2D eigenvalue weighted by Crippen LogP contribution is 2.42. The average molecular weight is 1970 g/mol. The molecule has 60 nitrogen and oxygen atoms in total. The Morgan fingerprint density at radius 2 is 0.403 bits per heavy atom. The highest BCUT2D eigenvalue weighted by Gasteiger charge is 2.63. The standard InChI is InChI=1S/C74H124N4O56/c1-16(89)75-31-40(98)55(24(9-83)115-64(31)113)126-65-32(76-17(2)90)41(99)58(27(12-86)120-65)129-72-54(112)61(132-74-63(47(105)38(96)23(8-82)119-74)134-67-34(78-19(4)92)43(101)57(26(11-85)122-67)128-71-53(111)49(107)60(29(14-88)124-71)131-69-51(109)45(103)36(94)21(6-80)117-69)39(97)30(125-72)15-114-73-62(46(104)37(95)22(7-81)118-73)133-66-33(77-18(3)91)42(100)56(25(10-84)121-66)127-70-52(110)48(106)59(28(13-87)123-70)130-68-50(108)44(102)35(93)20(5-79)116-68/h20-74,79-88,93-113H,5-15H2,1-4H3,(H,75,89)(H,76,90)(H,77,91)(H,78,92)/t20-,21-,22-,23-,24-,25-,26-,27-,28-,29-,30-,31-,32-,33-,34-,35+,36+,37-,38-,39-,40-,41-,42-,43-,44+,45+,46+,47+,48-,49-,50-,51-,52-,53-,54+,55-,56-,57-,58-,59+,60+,61+,62+,63+,64?,65+,66+,67+,68+,69+,70+,71+,72+,73+,74-/m1/s1. The molecule has 0 radical (unpaired) electrons. The highest BCUT2D eigenvalue weighted by atomic mass is 16.8. The Labute approximate surface area is 757 Å². The minimum atomic E-state index is -2.65. The van der Waals surface area contributed by atoms with Crippen molar-refractivity contribution in [3.8, 4) is 0 Å². The van der Waals surface area contributed by atoms with Crippen LogP contribution in [0.4, 0.5) is 0 Å². The largest absolute Gasteiger partial charge is 0.394 e. The summed E-state index contributed by atoms with van der Waals surface area (Å²) in [7, 11) is 0. The zero-order valence-electron chi connectivity index (χ0n) is 71.6. The third kappa shape index (κ3) is 24.0. The molecule has 4 amide bonds. The van der Waals surface area contributed by atoms with Gasteiger partial charge in [-0.15, -0.1) is 0 Å². The van der Waals surface area contributed by atoms with E-state index < -0.39 is 434 Å². The van der Waals surface area contributed by atoms with E-state index in [1.807, 2.05) is 0 Å². The Hall–Kier alpha value is -4.20. The SMILES string of the molecule is CC(=O)N[C@H]1[C@H](O[C@H]2[C@H](O)[C@@H](NC(C)=O)C(O)O[C@@H]2CO)O[C@H](CO)[C@@H](O[C@@H]2O[C@H](CO[C@H]3O[C@H](CO)[C@@H](O)[C@H](O)[C@@H]3O[C@@H]3O[C@H](CO)[C@@H](O[C@@H]4O[C@H](CO)[C@H](O[C@@H]5O[C@H](CO)[C@H](O)[C@H](O)[C@H]5O)[C@H](O)[C@H]4O)[C@H](O)[C@H]3NC(C)=O)[C@@H](O)[C@H](O[C@H]3O[C@H](CO)[C@@H](O)[C@H](O)[C@@H]3O[C@@H]3O[C@H](CO)[C@@H](O[C@@H]4O[C@H](CO)[C@H](O[C@@H]5O[C@H](CO)[C@H](O)[C@H](O)[C@H]5O)[C@H](O)[C@H]4O)[C@H](O)[C@H]3NC(C)=O)[C@@H]2O)[C@@H]1O. The molecule has 0 aromatic rings. The van der Waals surface area contributed by atoms with Gasteiger partial charge in [-0.2, -0.15) is 0 Å². The van der Waals surface area contributed by atoms with Crippen LogP contribution < -0.4 is 21.3 Å². The van der Waals surface area contributed by atoms with E-state index in [0.717, 1.165) is 27.7 Å². The summed E-state index contributed by atoms with van der Waals surface area (Å²) in [5, 5.41) is 355. The molecule has 11 aliphatic rings. The first kappa shape index (κ1) is 110. The summed E-state index contributed by atoms with van der Waals surface area (Å²) in [4.78, 5) is 51.6. The maximum absolute atomic E-state index is 13.2. The second kappa shape index (κ2) is 48.3. The van der Waals surface area contributed by atoms with Crippen LogP contribution >= 0.6 is 0 Å². The van der Waals surface area contributed by atoms with Crippen LogP contribution in [0, 0.1) is 0 Å². The van der Waals surface area contributed by atoms with Crippen LogP contribution in [0.5, 0.6) is 0 Å². The van der Waals surface area contributed by atoms with Gasteiger partial charge in [0, 0.05) is 27.7 Å². The van der Waals surface area contributed by atoms with Crippen LogP contribution in [0.1, 0.15) is 27.7 Å². The first-order chi connectivity index (χ1) is 63.5. The van der Waals surface area contributed by atoms with Crippen molar-refractivity contribution in [1.29, 1.82) is 0 Å². The van der Waals surface area contributed by atoms with Gasteiger partial charge in [-0.25, -0.2) is 0 Å². The smallest absolute Gasteiger partial charge is 0.217 e. The molecule has 11 heterocycles. The molecule has 0 spiro atoms. The van der Waals surface area contributed by atoms with Gasteiger partial charge in [0.05, 0.1) is 72.7 Å². The van der Waals surface area contributed by atoms with Gasteiger partial charge in [-0.05, 0) is 0 Å². The molecule has 0 aromatic carbocycles. The monoisotopic (exact) mass is 1960 g/mol. The zero-order chi connectivity index (χ0) is 98.5. The summed E-state index contributed by atoms with van der Waals surface area (Å²) >= 11 is 0. The summed E-state index contributed by atoms with van der Waals surface area (Å²) in [6.45, 7) is -8.80. The van der Waals surface area contributed by atoms with E-state index in [1.165, 1.54) is 0 Å². The molecule has 60 heteroatoms. The van der Waals surface area contributed by atoms with Gasteiger partial charge in [0.1, 0.15) is 268 Å². The summed E-state index contributed by atoms with van der Waals surface area (Å²) in [5.41, 5.74) is 0. The van der Waals surface area contributed by atoms with Gasteiger partial charge in [-0.1, -0.05) is 0 Å². The number of carbonyl (C=O) groups is 4. The van der Waals surface area contributed by atoms with E-state index in [-0.39, 0.29) is 0 Å². The molecule has 134 heavy (non-hydrogen) atoms. The molecule has 11 aliphatic heterocycles. The lowest BCUT2D eigenvalue weighted by Crippen LogP contribution is -2.71. The van der Waals surface area contributed by atoms with Crippen molar-refractivity contribution in [2.75, 3.05) is 72.7 Å². The van der Waals surface area contributed by atoms with E-state index in [2.05, 4.69) is 21.3 Å². The normalized spacial score (nSPS) is 49.8. The first-order valence-corrected chi connectivity index (χ1v) is 42.7. The van der Waals surface area contributed by atoms with E-state index in [4.69, 9.17) is 99.5 Å². The van der Waals surface area contributed by atoms with Crippen LogP contribution in [-0.2, 0) is 119 Å². The Bertz CT molecular complexity index is 3650. The molecule has 35 N–H and O–H groups in total.